The van der Waals surface area contributed by atoms with Crippen molar-refractivity contribution in [2.24, 2.45) is 7.05 Å². The topological polar surface area (TPSA) is 41.9 Å². The largest absolute Gasteiger partial charge is 0.381 e. The number of aromatic nitrogens is 2. The first kappa shape index (κ1) is 10.5. The van der Waals surface area contributed by atoms with Gasteiger partial charge in [0.15, 0.2) is 0 Å². The number of halogens is 1. The number of fused-ring (bicyclic) bond motifs is 1. The van der Waals surface area contributed by atoms with E-state index in [2.05, 4.69) is 15.7 Å². The summed E-state index contributed by atoms with van der Waals surface area (Å²) in [5.74, 6) is 0. The van der Waals surface area contributed by atoms with Crippen molar-refractivity contribution in [2.75, 3.05) is 17.2 Å². The Kier molecular flexibility index (Phi) is 2.44. The van der Waals surface area contributed by atoms with E-state index in [-0.39, 0.29) is 6.04 Å². The van der Waals surface area contributed by atoms with Gasteiger partial charge in [0.1, 0.15) is 0 Å². The lowest BCUT2D eigenvalue weighted by molar-refractivity contribution is 0.761. The molecule has 3 rings (SSSR count). The second-order valence-electron chi connectivity index (χ2n) is 4.22. The molecule has 0 spiro atoms. The number of nitrogens with one attached hydrogen (secondary N) is 2. The minimum atomic E-state index is 0.231. The van der Waals surface area contributed by atoms with E-state index in [0.717, 1.165) is 22.9 Å². The van der Waals surface area contributed by atoms with Crippen molar-refractivity contribution in [3.05, 3.63) is 41.2 Å². The number of anilines is 2. The van der Waals surface area contributed by atoms with Crippen LogP contribution in [0.4, 0.5) is 11.4 Å². The van der Waals surface area contributed by atoms with Gasteiger partial charge in [-0.3, -0.25) is 4.68 Å². The lowest BCUT2D eigenvalue weighted by Crippen LogP contribution is -2.25. The molecular formula is C12H13ClN4. The van der Waals surface area contributed by atoms with Crippen LogP contribution in [0.25, 0.3) is 0 Å². The van der Waals surface area contributed by atoms with E-state index < -0.39 is 0 Å². The molecule has 1 atom stereocenters. The normalized spacial score (nSPS) is 18.1. The van der Waals surface area contributed by atoms with E-state index in [9.17, 15) is 0 Å². The fourth-order valence-electron chi connectivity index (χ4n) is 2.06. The predicted octanol–water partition coefficient (Wildman–Crippen LogP) is 2.65. The van der Waals surface area contributed by atoms with Crippen LogP contribution in [0, 0.1) is 0 Å². The predicted molar refractivity (Wildman–Crippen MR) is 69.5 cm³/mol. The van der Waals surface area contributed by atoms with Crippen LogP contribution in [0.1, 0.15) is 11.6 Å². The Hall–Kier alpha value is -1.68. The van der Waals surface area contributed by atoms with Crippen LogP contribution in [0.2, 0.25) is 5.02 Å². The number of rotatable bonds is 1. The Bertz CT molecular complexity index is 549. The Morgan fingerprint density at radius 1 is 1.41 bits per heavy atom. The van der Waals surface area contributed by atoms with Crippen LogP contribution in [0.15, 0.2) is 30.6 Å². The molecule has 0 aliphatic carbocycles. The molecule has 2 N–H and O–H groups in total. The molecule has 17 heavy (non-hydrogen) atoms. The van der Waals surface area contributed by atoms with Crippen molar-refractivity contribution in [1.29, 1.82) is 0 Å². The highest BCUT2D eigenvalue weighted by molar-refractivity contribution is 6.31. The number of nitrogens with zero attached hydrogens (tertiary/aromatic N) is 2. The average molecular weight is 249 g/mol. The van der Waals surface area contributed by atoms with Gasteiger partial charge in [-0.15, -0.1) is 0 Å². The van der Waals surface area contributed by atoms with Crippen LogP contribution in [-0.4, -0.2) is 16.3 Å². The maximum Gasteiger partial charge on any atom is 0.0717 e. The highest BCUT2D eigenvalue weighted by atomic mass is 35.5. The summed E-state index contributed by atoms with van der Waals surface area (Å²) in [6, 6.07) is 6.05. The van der Waals surface area contributed by atoms with Gasteiger partial charge < -0.3 is 10.6 Å². The highest BCUT2D eigenvalue weighted by Crippen LogP contribution is 2.33. The summed E-state index contributed by atoms with van der Waals surface area (Å²) in [7, 11) is 1.92. The summed E-state index contributed by atoms with van der Waals surface area (Å²) in [6.07, 6.45) is 3.91. The van der Waals surface area contributed by atoms with Gasteiger partial charge in [-0.1, -0.05) is 11.6 Å². The van der Waals surface area contributed by atoms with Crippen molar-refractivity contribution in [3.63, 3.8) is 0 Å². The minimum Gasteiger partial charge on any atom is -0.381 e. The first-order chi connectivity index (χ1) is 8.22. The summed E-state index contributed by atoms with van der Waals surface area (Å²) in [5, 5.41) is 11.8. The number of hydrogen-bond donors (Lipinski definition) is 2. The molecular weight excluding hydrogens is 236 g/mol. The molecule has 0 bridgehead atoms. The lowest BCUT2D eigenvalue weighted by Gasteiger charge is -2.27. The first-order valence-corrected chi connectivity index (χ1v) is 5.89. The summed E-state index contributed by atoms with van der Waals surface area (Å²) in [4.78, 5) is 0. The van der Waals surface area contributed by atoms with Gasteiger partial charge in [-0.25, -0.2) is 0 Å². The van der Waals surface area contributed by atoms with Crippen molar-refractivity contribution >= 4 is 23.0 Å². The molecule has 1 aromatic carbocycles. The van der Waals surface area contributed by atoms with Gasteiger partial charge in [-0.2, -0.15) is 5.10 Å². The van der Waals surface area contributed by atoms with E-state index in [0.29, 0.717) is 0 Å². The monoisotopic (exact) mass is 248 g/mol. The van der Waals surface area contributed by atoms with Gasteiger partial charge in [0.25, 0.3) is 0 Å². The summed E-state index contributed by atoms with van der Waals surface area (Å²) >= 11 is 5.99. The molecule has 88 valence electrons. The zero-order valence-corrected chi connectivity index (χ0v) is 10.2. The van der Waals surface area contributed by atoms with Crippen LogP contribution >= 0.6 is 11.6 Å². The molecule has 4 nitrogen and oxygen atoms in total. The van der Waals surface area contributed by atoms with Gasteiger partial charge >= 0.3 is 0 Å². The average Bonchev–Trinajstić information content (AvgIpc) is 2.75. The Morgan fingerprint density at radius 3 is 3.06 bits per heavy atom. The van der Waals surface area contributed by atoms with Crippen molar-refractivity contribution in [2.45, 2.75) is 6.04 Å². The van der Waals surface area contributed by atoms with Crippen LogP contribution < -0.4 is 10.6 Å². The Labute approximate surface area is 105 Å². The second-order valence-corrected chi connectivity index (χ2v) is 4.65. The fourth-order valence-corrected chi connectivity index (χ4v) is 2.23. The standard InChI is InChI=1S/C12H13ClN4/c1-17-7-8(5-15-17)12-6-14-10-3-2-9(13)4-11(10)16-12/h2-5,7,12,14,16H,6H2,1H3. The van der Waals surface area contributed by atoms with Crippen LogP contribution in [0.3, 0.4) is 0 Å². The smallest absolute Gasteiger partial charge is 0.0717 e. The summed E-state index contributed by atoms with van der Waals surface area (Å²) in [6.45, 7) is 0.848. The SMILES string of the molecule is Cn1cc(C2CNc3ccc(Cl)cc3N2)cn1. The molecule has 0 saturated carbocycles. The first-order valence-electron chi connectivity index (χ1n) is 5.51. The quantitative estimate of drug-likeness (QED) is 0.815. The zero-order valence-electron chi connectivity index (χ0n) is 9.44. The fraction of sp³-hybridized carbons (Fsp3) is 0.250. The zero-order chi connectivity index (χ0) is 11.8. The van der Waals surface area contributed by atoms with Gasteiger partial charge in [0.05, 0.1) is 23.6 Å². The van der Waals surface area contributed by atoms with Gasteiger partial charge in [-0.05, 0) is 18.2 Å². The van der Waals surface area contributed by atoms with E-state index in [1.54, 1.807) is 0 Å². The highest BCUT2D eigenvalue weighted by Gasteiger charge is 2.19. The molecule has 1 unspecified atom stereocenters. The van der Waals surface area contributed by atoms with Crippen LogP contribution in [-0.2, 0) is 7.05 Å². The molecule has 5 heteroatoms. The molecule has 1 aromatic heterocycles. The van der Waals surface area contributed by atoms with E-state index in [1.807, 2.05) is 42.3 Å². The molecule has 0 amide bonds. The van der Waals surface area contributed by atoms with E-state index in [4.69, 9.17) is 11.6 Å². The molecule has 0 fully saturated rings. The third-order valence-corrected chi connectivity index (χ3v) is 3.17. The Balaban J connectivity index is 1.89. The number of benzene rings is 1. The van der Waals surface area contributed by atoms with Crippen molar-refractivity contribution < 1.29 is 0 Å². The molecule has 0 radical (unpaired) electrons. The van der Waals surface area contributed by atoms with Crippen LogP contribution in [0.5, 0.6) is 0 Å². The van der Waals surface area contributed by atoms with Crippen molar-refractivity contribution in [1.82, 2.24) is 9.78 Å². The number of hydrogen-bond acceptors (Lipinski definition) is 3. The summed E-state index contributed by atoms with van der Waals surface area (Å²) < 4.78 is 1.81. The molecule has 0 saturated heterocycles. The van der Waals surface area contributed by atoms with E-state index in [1.165, 1.54) is 5.56 Å². The number of aryl methyl sites for hydroxylation is 1. The van der Waals surface area contributed by atoms with Gasteiger partial charge in [0, 0.05) is 30.4 Å². The second kappa shape index (κ2) is 3.96. The summed E-state index contributed by atoms with van der Waals surface area (Å²) in [5.41, 5.74) is 3.30. The van der Waals surface area contributed by atoms with E-state index >= 15 is 0 Å². The van der Waals surface area contributed by atoms with Crippen molar-refractivity contribution in [3.8, 4) is 0 Å². The maximum atomic E-state index is 5.99. The minimum absolute atomic E-state index is 0.231. The Morgan fingerprint density at radius 2 is 2.29 bits per heavy atom. The molecule has 1 aliphatic heterocycles. The third kappa shape index (κ3) is 1.96. The molecule has 2 aromatic rings. The maximum absolute atomic E-state index is 5.99. The lowest BCUT2D eigenvalue weighted by atomic mass is 10.1. The molecule has 1 aliphatic rings. The molecule has 2 heterocycles. The third-order valence-electron chi connectivity index (χ3n) is 2.94. The van der Waals surface area contributed by atoms with Gasteiger partial charge in [0.2, 0.25) is 0 Å².